The van der Waals surface area contributed by atoms with Gasteiger partial charge < -0.3 is 19.2 Å². The molecule has 3 aromatic rings. The molecule has 1 aromatic carbocycles. The maximum Gasteiger partial charge on any atom is 0.374 e. The largest absolute Gasteiger partial charge is 0.495 e. The number of anilines is 2. The number of nitrogens with zero attached hydrogens (tertiary/aromatic N) is 2. The Morgan fingerprint density at radius 2 is 2.12 bits per heavy atom. The van der Waals surface area contributed by atoms with Gasteiger partial charge in [0.05, 0.1) is 26.2 Å². The fraction of sp³-hybridized carbons (Fsp3) is 0.188. The molecule has 7 nitrogen and oxygen atoms in total. The van der Waals surface area contributed by atoms with Gasteiger partial charge in [0.25, 0.3) is 0 Å². The fourth-order valence-electron chi connectivity index (χ4n) is 2.04. The third-order valence-corrected chi connectivity index (χ3v) is 5.24. The van der Waals surface area contributed by atoms with E-state index >= 15 is 0 Å². The third kappa shape index (κ3) is 4.12. The monoisotopic (exact) mass is 377 g/mol. The second-order valence-corrected chi connectivity index (χ2v) is 6.95. The molecule has 25 heavy (non-hydrogen) atoms. The Morgan fingerprint density at radius 3 is 2.92 bits per heavy atom. The average Bonchev–Trinajstić information content (AvgIpc) is 3.29. The van der Waals surface area contributed by atoms with Gasteiger partial charge in [-0.25, -0.2) is 4.79 Å². The van der Waals surface area contributed by atoms with Crippen LogP contribution in [0.25, 0.3) is 0 Å². The normalized spacial score (nSPS) is 10.5. The minimum absolute atomic E-state index is 0.215. The van der Waals surface area contributed by atoms with Crippen molar-refractivity contribution in [2.75, 3.05) is 19.5 Å². The Labute approximate surface area is 152 Å². The van der Waals surface area contributed by atoms with Crippen molar-refractivity contribution < 1.29 is 18.7 Å². The first-order valence-electron chi connectivity index (χ1n) is 7.22. The van der Waals surface area contributed by atoms with Crippen molar-refractivity contribution in [1.29, 1.82) is 0 Å². The van der Waals surface area contributed by atoms with Crippen molar-refractivity contribution in [1.82, 2.24) is 10.2 Å². The summed E-state index contributed by atoms with van der Waals surface area (Å²) in [6.07, 6.45) is 1.47. The van der Waals surface area contributed by atoms with Crippen molar-refractivity contribution in [3.8, 4) is 5.75 Å². The van der Waals surface area contributed by atoms with Crippen molar-refractivity contribution in [3.63, 3.8) is 0 Å². The maximum absolute atomic E-state index is 11.6. The van der Waals surface area contributed by atoms with E-state index in [1.165, 1.54) is 36.5 Å². The van der Waals surface area contributed by atoms with E-state index in [1.54, 1.807) is 13.2 Å². The zero-order valence-electron chi connectivity index (χ0n) is 13.5. The Morgan fingerprint density at radius 1 is 1.28 bits per heavy atom. The first kappa shape index (κ1) is 17.3. The number of hydrogen-bond donors (Lipinski definition) is 1. The molecule has 130 valence electrons. The lowest BCUT2D eigenvalue weighted by Crippen LogP contribution is -2.02. The van der Waals surface area contributed by atoms with Crippen LogP contribution in [-0.2, 0) is 10.5 Å². The number of carbonyl (C=O) groups is 1. The summed E-state index contributed by atoms with van der Waals surface area (Å²) < 4.78 is 15.9. The number of ether oxygens (including phenoxy) is 2. The van der Waals surface area contributed by atoms with Gasteiger partial charge in [0.2, 0.25) is 10.9 Å². The van der Waals surface area contributed by atoms with E-state index < -0.39 is 5.97 Å². The number of rotatable bonds is 7. The number of benzene rings is 1. The van der Waals surface area contributed by atoms with E-state index in [4.69, 9.17) is 13.9 Å². The lowest BCUT2D eigenvalue weighted by Gasteiger charge is -2.07. The molecule has 0 saturated carbocycles. The molecule has 0 unspecified atom stereocenters. The smallest absolute Gasteiger partial charge is 0.374 e. The number of methoxy groups -OCH3 is 2. The lowest BCUT2D eigenvalue weighted by molar-refractivity contribution is 0.0564. The van der Waals surface area contributed by atoms with E-state index in [0.717, 1.165) is 21.3 Å². The molecule has 0 bridgehead atoms. The molecule has 0 radical (unpaired) electrons. The topological polar surface area (TPSA) is 86.5 Å². The molecule has 0 atom stereocenters. The highest BCUT2D eigenvalue weighted by molar-refractivity contribution is 8.00. The van der Waals surface area contributed by atoms with Crippen LogP contribution < -0.4 is 10.1 Å². The van der Waals surface area contributed by atoms with E-state index in [1.807, 2.05) is 24.3 Å². The summed E-state index contributed by atoms with van der Waals surface area (Å²) in [5.74, 6) is 0.987. The standard InChI is InChI=1S/C16H15N3O4S2/c1-21-12-6-4-3-5-11(12)17-15-18-19-16(25-15)24-9-10-7-8-23-13(10)14(20)22-2/h3-8H,9H2,1-2H3,(H,17,18). The van der Waals surface area contributed by atoms with Crippen LogP contribution in [0.4, 0.5) is 10.8 Å². The van der Waals surface area contributed by atoms with Crippen LogP contribution in [0.15, 0.2) is 45.4 Å². The highest BCUT2D eigenvalue weighted by Crippen LogP contribution is 2.33. The van der Waals surface area contributed by atoms with Gasteiger partial charge in [0.15, 0.2) is 4.34 Å². The van der Waals surface area contributed by atoms with Gasteiger partial charge in [-0.3, -0.25) is 0 Å². The second kappa shape index (κ2) is 8.04. The summed E-state index contributed by atoms with van der Waals surface area (Å²) in [7, 11) is 2.94. The van der Waals surface area contributed by atoms with Crippen molar-refractivity contribution >= 4 is 39.9 Å². The van der Waals surface area contributed by atoms with Gasteiger partial charge in [-0.05, 0) is 18.2 Å². The first-order valence-corrected chi connectivity index (χ1v) is 9.02. The average molecular weight is 377 g/mol. The third-order valence-electron chi connectivity index (χ3n) is 3.22. The van der Waals surface area contributed by atoms with Crippen LogP contribution in [0, 0.1) is 0 Å². The summed E-state index contributed by atoms with van der Waals surface area (Å²) >= 11 is 2.88. The number of furan rings is 1. The van der Waals surface area contributed by atoms with Crippen LogP contribution in [-0.4, -0.2) is 30.4 Å². The zero-order valence-corrected chi connectivity index (χ0v) is 15.1. The quantitative estimate of drug-likeness (QED) is 0.489. The van der Waals surface area contributed by atoms with Crippen molar-refractivity contribution in [3.05, 3.63) is 47.9 Å². The highest BCUT2D eigenvalue weighted by atomic mass is 32.2. The molecule has 0 amide bonds. The van der Waals surface area contributed by atoms with E-state index in [9.17, 15) is 4.79 Å². The predicted octanol–water partition coefficient (Wildman–Crippen LogP) is 3.96. The summed E-state index contributed by atoms with van der Waals surface area (Å²) in [6.45, 7) is 0. The molecule has 0 fully saturated rings. The summed E-state index contributed by atoms with van der Waals surface area (Å²) in [4.78, 5) is 11.6. The Bertz CT molecular complexity index is 862. The molecule has 0 aliphatic carbocycles. The second-order valence-electron chi connectivity index (χ2n) is 4.75. The molecule has 0 aliphatic rings. The Kier molecular flexibility index (Phi) is 5.56. The molecule has 3 rings (SSSR count). The van der Waals surface area contributed by atoms with Crippen LogP contribution in [0.3, 0.4) is 0 Å². The van der Waals surface area contributed by atoms with Crippen molar-refractivity contribution in [2.24, 2.45) is 0 Å². The highest BCUT2D eigenvalue weighted by Gasteiger charge is 2.16. The minimum Gasteiger partial charge on any atom is -0.495 e. The van der Waals surface area contributed by atoms with Crippen LogP contribution in [0.2, 0.25) is 0 Å². The van der Waals surface area contributed by atoms with Gasteiger partial charge in [0, 0.05) is 11.3 Å². The molecular formula is C16H15N3O4S2. The van der Waals surface area contributed by atoms with Crippen LogP contribution >= 0.6 is 23.1 Å². The fourth-order valence-corrected chi connectivity index (χ4v) is 3.79. The number of thioether (sulfide) groups is 1. The molecule has 2 aromatic heterocycles. The zero-order chi connectivity index (χ0) is 17.6. The maximum atomic E-state index is 11.6. The minimum atomic E-state index is -0.489. The molecule has 0 saturated heterocycles. The first-order chi connectivity index (χ1) is 12.2. The van der Waals surface area contributed by atoms with E-state index in [0.29, 0.717) is 10.9 Å². The number of para-hydroxylation sites is 2. The van der Waals surface area contributed by atoms with Gasteiger partial charge >= 0.3 is 5.97 Å². The summed E-state index contributed by atoms with van der Waals surface area (Å²) in [5, 5.41) is 12.1. The van der Waals surface area contributed by atoms with Gasteiger partial charge in [-0.1, -0.05) is 35.2 Å². The molecule has 0 aliphatic heterocycles. The SMILES string of the molecule is COC(=O)c1occc1CSc1nnc(Nc2ccccc2OC)s1. The summed E-state index contributed by atoms with van der Waals surface area (Å²) in [6, 6.07) is 9.33. The number of hydrogen-bond acceptors (Lipinski definition) is 9. The number of carbonyl (C=O) groups excluding carboxylic acids is 1. The molecule has 1 N–H and O–H groups in total. The van der Waals surface area contributed by atoms with Gasteiger partial charge in [-0.2, -0.15) is 0 Å². The van der Waals surface area contributed by atoms with Gasteiger partial charge in [0.1, 0.15) is 5.75 Å². The number of aromatic nitrogens is 2. The predicted molar refractivity (Wildman–Crippen MR) is 95.8 cm³/mol. The Hall–Kier alpha value is -2.52. The van der Waals surface area contributed by atoms with Gasteiger partial charge in [-0.15, -0.1) is 10.2 Å². The summed E-state index contributed by atoms with van der Waals surface area (Å²) in [5.41, 5.74) is 1.58. The molecule has 2 heterocycles. The van der Waals surface area contributed by atoms with E-state index in [-0.39, 0.29) is 5.76 Å². The lowest BCUT2D eigenvalue weighted by atomic mass is 10.3. The molecule has 9 heteroatoms. The molecular weight excluding hydrogens is 362 g/mol. The van der Waals surface area contributed by atoms with Crippen LogP contribution in [0.5, 0.6) is 5.75 Å². The Balaban J connectivity index is 1.64. The van der Waals surface area contributed by atoms with Crippen molar-refractivity contribution in [2.45, 2.75) is 10.1 Å². The van der Waals surface area contributed by atoms with E-state index in [2.05, 4.69) is 15.5 Å². The number of nitrogens with one attached hydrogen (secondary N) is 1. The number of esters is 1. The van der Waals surface area contributed by atoms with Crippen LogP contribution in [0.1, 0.15) is 16.1 Å². The molecule has 0 spiro atoms.